The predicted molar refractivity (Wildman–Crippen MR) is 63.3 cm³/mol. The van der Waals surface area contributed by atoms with E-state index in [0.717, 1.165) is 19.3 Å². The SMILES string of the molecule is CCCCCN[N]S(=O)(=O)c1ccccc1. The second-order valence-corrected chi connectivity index (χ2v) is 5.10. The number of nitrogens with zero attached hydrogens (tertiary/aromatic N) is 1. The molecular formula is C11H17N2O2S. The van der Waals surface area contributed by atoms with E-state index in [1.54, 1.807) is 18.2 Å². The average molecular weight is 241 g/mol. The zero-order chi connectivity index (χ0) is 11.9. The molecule has 1 aromatic carbocycles. The third-order valence-corrected chi connectivity index (χ3v) is 3.36. The molecule has 0 fully saturated rings. The van der Waals surface area contributed by atoms with Crippen molar-refractivity contribution in [2.24, 2.45) is 0 Å². The van der Waals surface area contributed by atoms with E-state index in [1.807, 2.05) is 0 Å². The second kappa shape index (κ2) is 6.62. The Labute approximate surface area is 97.1 Å². The van der Waals surface area contributed by atoms with E-state index in [1.165, 1.54) is 12.1 Å². The van der Waals surface area contributed by atoms with Crippen LogP contribution in [0.2, 0.25) is 0 Å². The van der Waals surface area contributed by atoms with Crippen molar-refractivity contribution in [3.05, 3.63) is 30.3 Å². The van der Waals surface area contributed by atoms with E-state index >= 15 is 0 Å². The molecule has 0 heterocycles. The molecule has 1 N–H and O–H groups in total. The topological polar surface area (TPSA) is 60.3 Å². The van der Waals surface area contributed by atoms with Crippen LogP contribution in [0.3, 0.4) is 0 Å². The number of hydrogen-bond donors (Lipinski definition) is 1. The van der Waals surface area contributed by atoms with Gasteiger partial charge in [-0.05, 0) is 23.4 Å². The van der Waals surface area contributed by atoms with Crippen molar-refractivity contribution in [1.29, 1.82) is 0 Å². The first-order chi connectivity index (χ1) is 7.67. The quantitative estimate of drug-likeness (QED) is 0.583. The molecule has 1 rings (SSSR count). The Bertz CT molecular complexity index is 390. The monoisotopic (exact) mass is 241 g/mol. The van der Waals surface area contributed by atoms with Crippen LogP contribution >= 0.6 is 0 Å². The van der Waals surface area contributed by atoms with Gasteiger partial charge in [-0.2, -0.15) is 0 Å². The van der Waals surface area contributed by atoms with E-state index < -0.39 is 10.0 Å². The van der Waals surface area contributed by atoms with E-state index in [-0.39, 0.29) is 4.90 Å². The smallest absolute Gasteiger partial charge is 0.224 e. The number of unbranched alkanes of at least 4 members (excludes halogenated alkanes) is 2. The molecule has 0 bridgehead atoms. The Morgan fingerprint density at radius 3 is 2.50 bits per heavy atom. The van der Waals surface area contributed by atoms with E-state index in [9.17, 15) is 8.42 Å². The summed E-state index contributed by atoms with van der Waals surface area (Å²) in [6.45, 7) is 2.69. The summed E-state index contributed by atoms with van der Waals surface area (Å²) in [5.41, 5.74) is 2.60. The highest BCUT2D eigenvalue weighted by molar-refractivity contribution is 7.89. The zero-order valence-corrected chi connectivity index (χ0v) is 10.2. The molecule has 5 heteroatoms. The third kappa shape index (κ3) is 4.30. The molecule has 89 valence electrons. The zero-order valence-electron chi connectivity index (χ0n) is 9.39. The highest BCUT2D eigenvalue weighted by atomic mass is 32.2. The molecule has 0 spiro atoms. The van der Waals surface area contributed by atoms with Crippen LogP contribution in [0, 0.1) is 0 Å². The Hall–Kier alpha value is -0.910. The largest absolute Gasteiger partial charge is 0.271 e. The Balaban J connectivity index is 2.41. The molecule has 16 heavy (non-hydrogen) atoms. The molecule has 0 saturated heterocycles. The van der Waals surface area contributed by atoms with Gasteiger partial charge in [0.1, 0.15) is 0 Å². The minimum absolute atomic E-state index is 0.220. The van der Waals surface area contributed by atoms with Crippen LogP contribution in [0.1, 0.15) is 26.2 Å². The van der Waals surface area contributed by atoms with Gasteiger partial charge < -0.3 is 0 Å². The Kier molecular flexibility index (Phi) is 5.45. The minimum Gasteiger partial charge on any atom is -0.224 e. The lowest BCUT2D eigenvalue weighted by Crippen LogP contribution is -2.31. The lowest BCUT2D eigenvalue weighted by Gasteiger charge is -2.04. The second-order valence-electron chi connectivity index (χ2n) is 3.49. The summed E-state index contributed by atoms with van der Waals surface area (Å²) in [5.74, 6) is 0. The Morgan fingerprint density at radius 1 is 1.19 bits per heavy atom. The summed E-state index contributed by atoms with van der Waals surface area (Å²) in [6.07, 6.45) is 3.12. The van der Waals surface area contributed by atoms with Crippen LogP contribution < -0.4 is 10.3 Å². The fraction of sp³-hybridized carbons (Fsp3) is 0.455. The fourth-order valence-electron chi connectivity index (χ4n) is 1.23. The van der Waals surface area contributed by atoms with Gasteiger partial charge in [0.05, 0.1) is 4.90 Å². The third-order valence-electron chi connectivity index (χ3n) is 2.12. The molecule has 0 amide bonds. The van der Waals surface area contributed by atoms with Gasteiger partial charge in [0.15, 0.2) is 0 Å². The number of sulfonamides is 1. The van der Waals surface area contributed by atoms with Crippen molar-refractivity contribution in [3.8, 4) is 0 Å². The van der Waals surface area contributed by atoms with Crippen LogP contribution in [0.15, 0.2) is 35.2 Å². The van der Waals surface area contributed by atoms with Gasteiger partial charge in [0.25, 0.3) is 10.0 Å². The van der Waals surface area contributed by atoms with Gasteiger partial charge in [0, 0.05) is 6.54 Å². The van der Waals surface area contributed by atoms with Crippen molar-refractivity contribution in [2.45, 2.75) is 31.1 Å². The van der Waals surface area contributed by atoms with Gasteiger partial charge >= 0.3 is 0 Å². The van der Waals surface area contributed by atoms with E-state index in [0.29, 0.717) is 6.54 Å². The lowest BCUT2D eigenvalue weighted by atomic mass is 10.3. The molecule has 0 aromatic heterocycles. The molecule has 0 aliphatic heterocycles. The molecule has 1 radical (unpaired) electrons. The fourth-order valence-corrected chi connectivity index (χ4v) is 2.10. The van der Waals surface area contributed by atoms with Crippen LogP contribution in [0.5, 0.6) is 0 Å². The molecule has 0 aliphatic rings. The normalized spacial score (nSPS) is 11.6. The van der Waals surface area contributed by atoms with Gasteiger partial charge in [-0.3, -0.25) is 0 Å². The van der Waals surface area contributed by atoms with E-state index in [2.05, 4.69) is 17.2 Å². The molecule has 4 nitrogen and oxygen atoms in total. The number of nitrogens with one attached hydrogen (secondary N) is 1. The molecule has 1 aromatic rings. The maximum atomic E-state index is 11.6. The summed E-state index contributed by atoms with van der Waals surface area (Å²) in [5, 5.41) is 0. The standard InChI is InChI=1S/C11H17N2O2S/c1-2-3-7-10-12-13-16(14,15)11-8-5-4-6-9-11/h4-6,8-9,12H,2-3,7,10H2,1H3. The first kappa shape index (κ1) is 13.2. The number of benzene rings is 1. The summed E-state index contributed by atoms with van der Waals surface area (Å²) >= 11 is 0. The number of rotatable bonds is 7. The van der Waals surface area contributed by atoms with Crippen LogP contribution in [0.25, 0.3) is 0 Å². The molecule has 0 aliphatic carbocycles. The summed E-state index contributed by atoms with van der Waals surface area (Å²) in [7, 11) is -3.53. The summed E-state index contributed by atoms with van der Waals surface area (Å²) < 4.78 is 23.3. The maximum Gasteiger partial charge on any atom is 0.271 e. The predicted octanol–water partition coefficient (Wildman–Crippen LogP) is 1.67. The molecule has 0 unspecified atom stereocenters. The average Bonchev–Trinajstić information content (AvgIpc) is 2.30. The number of hydrogen-bond acceptors (Lipinski definition) is 3. The van der Waals surface area contributed by atoms with Crippen LogP contribution in [-0.4, -0.2) is 15.0 Å². The molecule has 0 atom stereocenters. The van der Waals surface area contributed by atoms with Crippen molar-refractivity contribution < 1.29 is 8.42 Å². The van der Waals surface area contributed by atoms with Crippen molar-refractivity contribution in [1.82, 2.24) is 10.3 Å². The molecule has 0 saturated carbocycles. The van der Waals surface area contributed by atoms with Crippen LogP contribution in [0.4, 0.5) is 0 Å². The van der Waals surface area contributed by atoms with Gasteiger partial charge in [-0.25, -0.2) is 13.8 Å². The highest BCUT2D eigenvalue weighted by Crippen LogP contribution is 2.06. The van der Waals surface area contributed by atoms with Gasteiger partial charge in [-0.15, -0.1) is 0 Å². The van der Waals surface area contributed by atoms with Crippen molar-refractivity contribution in [2.75, 3.05) is 6.54 Å². The minimum atomic E-state index is -3.53. The van der Waals surface area contributed by atoms with E-state index in [4.69, 9.17) is 0 Å². The lowest BCUT2D eigenvalue weighted by molar-refractivity contribution is 0.539. The van der Waals surface area contributed by atoms with Crippen molar-refractivity contribution >= 4 is 10.0 Å². The van der Waals surface area contributed by atoms with Gasteiger partial charge in [-0.1, -0.05) is 38.0 Å². The molecular weight excluding hydrogens is 224 g/mol. The van der Waals surface area contributed by atoms with Crippen molar-refractivity contribution in [3.63, 3.8) is 0 Å². The summed E-state index contributed by atoms with van der Waals surface area (Å²) in [4.78, 5) is 3.74. The first-order valence-electron chi connectivity index (χ1n) is 5.41. The maximum absolute atomic E-state index is 11.6. The van der Waals surface area contributed by atoms with Gasteiger partial charge in [0.2, 0.25) is 0 Å². The first-order valence-corrected chi connectivity index (χ1v) is 6.86. The Morgan fingerprint density at radius 2 is 1.88 bits per heavy atom. The highest BCUT2D eigenvalue weighted by Gasteiger charge is 2.13. The van der Waals surface area contributed by atoms with Crippen LogP contribution in [-0.2, 0) is 10.0 Å². The summed E-state index contributed by atoms with van der Waals surface area (Å²) in [6, 6.07) is 8.20.